The number of rotatable bonds is 9. The van der Waals surface area contributed by atoms with Crippen molar-refractivity contribution in [2.75, 3.05) is 5.75 Å². The summed E-state index contributed by atoms with van der Waals surface area (Å²) in [5, 5.41) is -0.302. The molecule has 0 aliphatic heterocycles. The molecule has 23 heavy (non-hydrogen) atoms. The van der Waals surface area contributed by atoms with E-state index in [1.165, 1.54) is 24.0 Å². The van der Waals surface area contributed by atoms with Crippen molar-refractivity contribution in [1.82, 2.24) is 0 Å². The molecule has 0 spiro atoms. The third-order valence-electron chi connectivity index (χ3n) is 4.67. The molecule has 2 rings (SSSR count). The van der Waals surface area contributed by atoms with Gasteiger partial charge in [-0.2, -0.15) is 0 Å². The molecule has 0 unspecified atom stereocenters. The van der Waals surface area contributed by atoms with Crippen molar-refractivity contribution in [3.63, 3.8) is 0 Å². The first-order valence-corrected chi connectivity index (χ1v) is 10.4. The highest BCUT2D eigenvalue weighted by Gasteiger charge is 2.15. The monoisotopic (exact) mass is 336 g/mol. The van der Waals surface area contributed by atoms with Gasteiger partial charge < -0.3 is 0 Å². The molecule has 0 saturated heterocycles. The third-order valence-corrected chi connectivity index (χ3v) is 6.96. The number of benzene rings is 1. The molecule has 1 aliphatic rings. The maximum absolute atomic E-state index is 12.1. The Morgan fingerprint density at radius 1 is 1.09 bits per heavy atom. The number of aryl methyl sites for hydroxylation is 2. The molecule has 0 N–H and O–H groups in total. The Balaban J connectivity index is 1.68. The zero-order valence-corrected chi connectivity index (χ0v) is 15.1. The van der Waals surface area contributed by atoms with Crippen LogP contribution in [-0.4, -0.2) is 25.2 Å². The smallest absolute Gasteiger partial charge is 0.152 e. The maximum atomic E-state index is 12.1. The molecule has 1 aromatic rings. The van der Waals surface area contributed by atoms with Crippen molar-refractivity contribution in [3.05, 3.63) is 34.9 Å². The highest BCUT2D eigenvalue weighted by Crippen LogP contribution is 2.23. The standard InChI is InChI=1S/C19H28O3S/c1-15(2)23(21,22)12-5-3-4-9-19(20)14-16-10-11-17-7-6-8-18(17)13-16/h10-11,13,15H,3-9,12,14H2,1-2H3. The largest absolute Gasteiger partial charge is 0.299 e. The Labute approximate surface area is 140 Å². The Morgan fingerprint density at radius 3 is 2.57 bits per heavy atom. The lowest BCUT2D eigenvalue weighted by Crippen LogP contribution is -2.17. The lowest BCUT2D eigenvalue weighted by Gasteiger charge is -2.07. The van der Waals surface area contributed by atoms with E-state index in [9.17, 15) is 13.2 Å². The molecule has 0 aromatic heterocycles. The molecule has 0 atom stereocenters. The first-order valence-electron chi connectivity index (χ1n) is 8.72. The molecule has 3 nitrogen and oxygen atoms in total. The van der Waals surface area contributed by atoms with Gasteiger partial charge in [0.05, 0.1) is 11.0 Å². The second-order valence-corrected chi connectivity index (χ2v) is 9.58. The lowest BCUT2D eigenvalue weighted by molar-refractivity contribution is -0.118. The topological polar surface area (TPSA) is 51.2 Å². The highest BCUT2D eigenvalue weighted by atomic mass is 32.2. The molecule has 0 amide bonds. The quantitative estimate of drug-likeness (QED) is 0.647. The second-order valence-electron chi connectivity index (χ2n) is 6.90. The molecular weight excluding hydrogens is 308 g/mol. The van der Waals surface area contributed by atoms with Crippen LogP contribution in [0.25, 0.3) is 0 Å². The summed E-state index contributed by atoms with van der Waals surface area (Å²) < 4.78 is 23.4. The van der Waals surface area contributed by atoms with Gasteiger partial charge in [0.2, 0.25) is 0 Å². The number of hydrogen-bond acceptors (Lipinski definition) is 3. The molecule has 0 bridgehead atoms. The Morgan fingerprint density at radius 2 is 1.83 bits per heavy atom. The predicted octanol–water partition coefficient (Wildman–Crippen LogP) is 3.67. The first-order chi connectivity index (χ1) is 10.9. The van der Waals surface area contributed by atoms with Gasteiger partial charge in [0.1, 0.15) is 5.78 Å². The average Bonchev–Trinajstić information content (AvgIpc) is 2.94. The minimum Gasteiger partial charge on any atom is -0.299 e. The maximum Gasteiger partial charge on any atom is 0.152 e. The van der Waals surface area contributed by atoms with Crippen molar-refractivity contribution in [3.8, 4) is 0 Å². The van der Waals surface area contributed by atoms with E-state index in [1.54, 1.807) is 13.8 Å². The average molecular weight is 336 g/mol. The first kappa shape index (κ1) is 18.2. The number of Topliss-reactive ketones (excluding diaryl/α,β-unsaturated/α-hetero) is 1. The number of ketones is 1. The van der Waals surface area contributed by atoms with E-state index in [0.717, 1.165) is 24.8 Å². The SMILES string of the molecule is CC(C)S(=O)(=O)CCCCCC(=O)Cc1ccc2c(c1)CCC2. The minimum absolute atomic E-state index is 0.240. The van der Waals surface area contributed by atoms with Gasteiger partial charge in [-0.05, 0) is 62.6 Å². The summed E-state index contributed by atoms with van der Waals surface area (Å²) in [4.78, 5) is 12.1. The van der Waals surface area contributed by atoms with E-state index in [2.05, 4.69) is 18.2 Å². The molecule has 128 valence electrons. The van der Waals surface area contributed by atoms with E-state index < -0.39 is 9.84 Å². The van der Waals surface area contributed by atoms with Crippen LogP contribution < -0.4 is 0 Å². The van der Waals surface area contributed by atoms with Crippen LogP contribution in [0.4, 0.5) is 0 Å². The molecule has 1 aliphatic carbocycles. The van der Waals surface area contributed by atoms with Crippen LogP contribution >= 0.6 is 0 Å². The predicted molar refractivity (Wildman–Crippen MR) is 94.6 cm³/mol. The van der Waals surface area contributed by atoms with Gasteiger partial charge >= 0.3 is 0 Å². The fourth-order valence-corrected chi connectivity index (χ4v) is 4.17. The van der Waals surface area contributed by atoms with E-state index in [1.807, 2.05) is 0 Å². The minimum atomic E-state index is -2.94. The molecule has 1 aromatic carbocycles. The Hall–Kier alpha value is -1.16. The molecule has 0 radical (unpaired) electrons. The zero-order valence-electron chi connectivity index (χ0n) is 14.3. The van der Waals surface area contributed by atoms with Gasteiger partial charge in [0.15, 0.2) is 9.84 Å². The Kier molecular flexibility index (Phi) is 6.40. The number of carbonyl (C=O) groups is 1. The molecule has 0 saturated carbocycles. The zero-order chi connectivity index (χ0) is 16.9. The lowest BCUT2D eigenvalue weighted by atomic mass is 10.0. The van der Waals surface area contributed by atoms with Gasteiger partial charge in [-0.1, -0.05) is 24.6 Å². The van der Waals surface area contributed by atoms with Crippen molar-refractivity contribution in [1.29, 1.82) is 0 Å². The van der Waals surface area contributed by atoms with Gasteiger partial charge in [-0.3, -0.25) is 4.79 Å². The van der Waals surface area contributed by atoms with Crippen LogP contribution in [0.15, 0.2) is 18.2 Å². The van der Waals surface area contributed by atoms with Crippen molar-refractivity contribution in [2.45, 2.75) is 70.5 Å². The number of hydrogen-bond donors (Lipinski definition) is 0. The fourth-order valence-electron chi connectivity index (χ4n) is 3.09. The van der Waals surface area contributed by atoms with Crippen LogP contribution in [0, 0.1) is 0 Å². The molecule has 4 heteroatoms. The Bertz CT molecular complexity index is 645. The van der Waals surface area contributed by atoms with Crippen molar-refractivity contribution >= 4 is 15.6 Å². The molecule has 0 heterocycles. The van der Waals surface area contributed by atoms with Crippen molar-refractivity contribution in [2.24, 2.45) is 0 Å². The highest BCUT2D eigenvalue weighted by molar-refractivity contribution is 7.91. The molecular formula is C19H28O3S. The summed E-state index contributed by atoms with van der Waals surface area (Å²) >= 11 is 0. The van der Waals surface area contributed by atoms with Gasteiger partial charge in [-0.25, -0.2) is 8.42 Å². The second kappa shape index (κ2) is 8.09. The van der Waals surface area contributed by atoms with Gasteiger partial charge in [-0.15, -0.1) is 0 Å². The number of carbonyl (C=O) groups excluding carboxylic acids is 1. The third kappa shape index (κ3) is 5.45. The van der Waals surface area contributed by atoms with Gasteiger partial charge in [0, 0.05) is 12.8 Å². The number of unbranched alkanes of at least 4 members (excludes halogenated alkanes) is 2. The van der Waals surface area contributed by atoms with Crippen LogP contribution in [0.2, 0.25) is 0 Å². The van der Waals surface area contributed by atoms with E-state index in [0.29, 0.717) is 19.3 Å². The summed E-state index contributed by atoms with van der Waals surface area (Å²) in [6.45, 7) is 3.44. The van der Waals surface area contributed by atoms with E-state index in [4.69, 9.17) is 0 Å². The van der Waals surface area contributed by atoms with Crippen LogP contribution in [-0.2, 0) is 33.9 Å². The normalized spacial score (nSPS) is 14.2. The summed E-state index contributed by atoms with van der Waals surface area (Å²) in [6.07, 6.45) is 6.86. The summed E-state index contributed by atoms with van der Waals surface area (Å²) in [6, 6.07) is 6.44. The van der Waals surface area contributed by atoms with E-state index in [-0.39, 0.29) is 16.8 Å². The van der Waals surface area contributed by atoms with Crippen LogP contribution in [0.5, 0.6) is 0 Å². The fraction of sp³-hybridized carbons (Fsp3) is 0.632. The van der Waals surface area contributed by atoms with Crippen molar-refractivity contribution < 1.29 is 13.2 Å². The summed E-state index contributed by atoms with van der Waals surface area (Å²) in [7, 11) is -2.94. The summed E-state index contributed by atoms with van der Waals surface area (Å²) in [5.74, 6) is 0.499. The van der Waals surface area contributed by atoms with Crippen LogP contribution in [0.1, 0.15) is 62.6 Å². The number of sulfone groups is 1. The molecule has 0 fully saturated rings. The summed E-state index contributed by atoms with van der Waals surface area (Å²) in [5.41, 5.74) is 3.97. The van der Waals surface area contributed by atoms with E-state index >= 15 is 0 Å². The number of fused-ring (bicyclic) bond motifs is 1. The van der Waals surface area contributed by atoms with Crippen LogP contribution in [0.3, 0.4) is 0 Å². The van der Waals surface area contributed by atoms with Gasteiger partial charge in [0.25, 0.3) is 0 Å².